The zero-order valence-electron chi connectivity index (χ0n) is 10.6. The van der Waals surface area contributed by atoms with Crippen LogP contribution in [-0.2, 0) is 23.0 Å². The summed E-state index contributed by atoms with van der Waals surface area (Å²) >= 11 is 1.45. The van der Waals surface area contributed by atoms with Crippen LogP contribution in [0.2, 0.25) is 0 Å². The van der Waals surface area contributed by atoms with E-state index < -0.39 is 10.0 Å². The largest absolute Gasteiger partial charge is 0.312 e. The van der Waals surface area contributed by atoms with Crippen LogP contribution in [-0.4, -0.2) is 27.3 Å². The first-order chi connectivity index (χ1) is 9.03. The normalized spacial score (nSPS) is 25.1. The fourth-order valence-corrected chi connectivity index (χ4v) is 6.18. The highest BCUT2D eigenvalue weighted by atomic mass is 32.2. The van der Waals surface area contributed by atoms with Gasteiger partial charge in [-0.1, -0.05) is 6.92 Å². The van der Waals surface area contributed by atoms with Gasteiger partial charge in [0.2, 0.25) is 10.0 Å². The van der Waals surface area contributed by atoms with Gasteiger partial charge >= 0.3 is 0 Å². The molecule has 0 aromatic carbocycles. The molecule has 1 N–H and O–H groups in total. The van der Waals surface area contributed by atoms with Crippen LogP contribution >= 0.6 is 11.3 Å². The molecule has 0 aliphatic carbocycles. The number of fused-ring (bicyclic) bond motifs is 1. The Labute approximate surface area is 116 Å². The standard InChI is InChI=1S/C12H15N3O2S2/c1-8-6-15(19(16,17)7-8)12-10(4-13)9-2-3-14-5-11(9)18-12/h8,14H,2-3,5-7H2,1H3. The molecule has 1 saturated heterocycles. The smallest absolute Gasteiger partial charge is 0.236 e. The van der Waals surface area contributed by atoms with Crippen LogP contribution in [0.5, 0.6) is 0 Å². The predicted octanol–water partition coefficient (Wildman–Crippen LogP) is 1.05. The second-order valence-corrected chi connectivity index (χ2v) is 8.16. The maximum absolute atomic E-state index is 12.2. The third-order valence-electron chi connectivity index (χ3n) is 3.56. The van der Waals surface area contributed by atoms with Crippen molar-refractivity contribution in [3.8, 4) is 6.07 Å². The van der Waals surface area contributed by atoms with Gasteiger partial charge < -0.3 is 5.32 Å². The lowest BCUT2D eigenvalue weighted by atomic mass is 10.0. The Morgan fingerprint density at radius 2 is 2.32 bits per heavy atom. The molecule has 3 heterocycles. The molecule has 7 heteroatoms. The second-order valence-electron chi connectivity index (χ2n) is 5.14. The number of sulfonamides is 1. The van der Waals surface area contributed by atoms with E-state index >= 15 is 0 Å². The molecule has 102 valence electrons. The summed E-state index contributed by atoms with van der Waals surface area (Å²) < 4.78 is 25.8. The van der Waals surface area contributed by atoms with Crippen LogP contribution in [0.25, 0.3) is 0 Å². The minimum atomic E-state index is -3.25. The van der Waals surface area contributed by atoms with Gasteiger partial charge in [-0.25, -0.2) is 8.42 Å². The summed E-state index contributed by atoms with van der Waals surface area (Å²) in [5.74, 6) is 0.299. The minimum absolute atomic E-state index is 0.119. The molecule has 0 bridgehead atoms. The highest BCUT2D eigenvalue weighted by molar-refractivity contribution is 7.93. The van der Waals surface area contributed by atoms with E-state index in [9.17, 15) is 13.7 Å². The number of rotatable bonds is 1. The van der Waals surface area contributed by atoms with Crippen molar-refractivity contribution in [3.63, 3.8) is 0 Å². The molecule has 1 fully saturated rings. The summed E-state index contributed by atoms with van der Waals surface area (Å²) in [6.07, 6.45) is 0.804. The molecule has 1 aromatic heterocycles. The summed E-state index contributed by atoms with van der Waals surface area (Å²) in [6, 6.07) is 2.21. The van der Waals surface area contributed by atoms with Gasteiger partial charge in [0.15, 0.2) is 0 Å². The van der Waals surface area contributed by atoms with Crippen molar-refractivity contribution in [2.75, 3.05) is 23.1 Å². The van der Waals surface area contributed by atoms with Crippen molar-refractivity contribution in [2.45, 2.75) is 19.9 Å². The fourth-order valence-electron chi connectivity index (χ4n) is 2.72. The Morgan fingerprint density at radius 1 is 1.53 bits per heavy atom. The van der Waals surface area contributed by atoms with Crippen LogP contribution in [0.15, 0.2) is 0 Å². The van der Waals surface area contributed by atoms with Crippen molar-refractivity contribution >= 4 is 26.4 Å². The van der Waals surface area contributed by atoms with Gasteiger partial charge in [-0.3, -0.25) is 4.31 Å². The van der Waals surface area contributed by atoms with Gasteiger partial charge in [0.1, 0.15) is 11.1 Å². The van der Waals surface area contributed by atoms with Crippen molar-refractivity contribution in [1.82, 2.24) is 5.32 Å². The molecule has 0 radical (unpaired) electrons. The lowest BCUT2D eigenvalue weighted by Crippen LogP contribution is -2.25. The molecule has 1 unspecified atom stereocenters. The van der Waals surface area contributed by atoms with Crippen LogP contribution < -0.4 is 9.62 Å². The van der Waals surface area contributed by atoms with E-state index in [4.69, 9.17) is 0 Å². The van der Waals surface area contributed by atoms with Gasteiger partial charge in [0.05, 0.1) is 11.3 Å². The number of nitrogens with one attached hydrogen (secondary N) is 1. The number of hydrogen-bond acceptors (Lipinski definition) is 5. The second kappa shape index (κ2) is 4.47. The van der Waals surface area contributed by atoms with E-state index in [-0.39, 0.29) is 11.7 Å². The van der Waals surface area contributed by atoms with Gasteiger partial charge in [-0.05, 0) is 24.4 Å². The van der Waals surface area contributed by atoms with Crippen LogP contribution in [0.1, 0.15) is 22.9 Å². The first kappa shape index (κ1) is 12.9. The molecule has 0 amide bonds. The summed E-state index contributed by atoms with van der Waals surface area (Å²) in [6.45, 7) is 4.00. The van der Waals surface area contributed by atoms with Crippen molar-refractivity contribution in [2.24, 2.45) is 5.92 Å². The molecule has 5 nitrogen and oxygen atoms in total. The SMILES string of the molecule is CC1CN(c2sc3c(c2C#N)CCNC3)S(=O)(=O)C1. The third-order valence-corrected chi connectivity index (χ3v) is 6.92. The van der Waals surface area contributed by atoms with Gasteiger partial charge in [-0.2, -0.15) is 5.26 Å². The maximum Gasteiger partial charge on any atom is 0.236 e. The summed E-state index contributed by atoms with van der Waals surface area (Å²) in [7, 11) is -3.25. The monoisotopic (exact) mass is 297 g/mol. The zero-order valence-corrected chi connectivity index (χ0v) is 12.3. The molecule has 1 aromatic rings. The van der Waals surface area contributed by atoms with Crippen molar-refractivity contribution < 1.29 is 8.42 Å². The average Bonchev–Trinajstić information content (AvgIpc) is 2.85. The van der Waals surface area contributed by atoms with Crippen LogP contribution in [0, 0.1) is 17.2 Å². The first-order valence-electron chi connectivity index (χ1n) is 6.28. The third kappa shape index (κ3) is 2.04. The Hall–Kier alpha value is -1.10. The molecular weight excluding hydrogens is 282 g/mol. The predicted molar refractivity (Wildman–Crippen MR) is 74.7 cm³/mol. The number of nitriles is 1. The van der Waals surface area contributed by atoms with Crippen molar-refractivity contribution in [3.05, 3.63) is 16.0 Å². The maximum atomic E-state index is 12.2. The highest BCUT2D eigenvalue weighted by Crippen LogP contribution is 2.40. The molecular formula is C12H15N3O2S2. The van der Waals surface area contributed by atoms with Gasteiger partial charge in [0.25, 0.3) is 0 Å². The topological polar surface area (TPSA) is 73.2 Å². The Balaban J connectivity index is 2.11. The van der Waals surface area contributed by atoms with E-state index in [1.165, 1.54) is 15.6 Å². The average molecular weight is 297 g/mol. The van der Waals surface area contributed by atoms with Gasteiger partial charge in [-0.15, -0.1) is 11.3 Å². The summed E-state index contributed by atoms with van der Waals surface area (Å²) in [5, 5.41) is 13.3. The molecule has 1 atom stereocenters. The van der Waals surface area contributed by atoms with Crippen molar-refractivity contribution in [1.29, 1.82) is 5.26 Å². The lowest BCUT2D eigenvalue weighted by Gasteiger charge is -2.15. The Kier molecular flexibility index (Phi) is 3.04. The highest BCUT2D eigenvalue weighted by Gasteiger charge is 2.37. The molecule has 19 heavy (non-hydrogen) atoms. The molecule has 3 rings (SSSR count). The summed E-state index contributed by atoms with van der Waals surface area (Å²) in [5.41, 5.74) is 1.61. The number of thiophene rings is 1. The first-order valence-corrected chi connectivity index (χ1v) is 8.71. The molecule has 2 aliphatic heterocycles. The number of hydrogen-bond donors (Lipinski definition) is 1. The lowest BCUT2D eigenvalue weighted by molar-refractivity contribution is 0.598. The van der Waals surface area contributed by atoms with E-state index in [2.05, 4.69) is 11.4 Å². The Morgan fingerprint density at radius 3 is 2.95 bits per heavy atom. The summed E-state index contributed by atoms with van der Waals surface area (Å²) in [4.78, 5) is 1.10. The van der Waals surface area contributed by atoms with Gasteiger partial charge in [0, 0.05) is 18.0 Å². The van der Waals surface area contributed by atoms with Crippen LogP contribution in [0.3, 0.4) is 0 Å². The minimum Gasteiger partial charge on any atom is -0.312 e. The van der Waals surface area contributed by atoms with E-state index in [1.54, 1.807) is 0 Å². The fraction of sp³-hybridized carbons (Fsp3) is 0.583. The molecule has 0 saturated carbocycles. The zero-order chi connectivity index (χ0) is 13.6. The molecule has 2 aliphatic rings. The van der Waals surface area contributed by atoms with E-state index in [1.807, 2.05) is 6.92 Å². The van der Waals surface area contributed by atoms with E-state index in [0.717, 1.165) is 30.0 Å². The molecule has 0 spiro atoms. The van der Waals surface area contributed by atoms with Crippen LogP contribution in [0.4, 0.5) is 5.00 Å². The number of anilines is 1. The Bertz CT molecular complexity index is 657. The number of nitrogens with zero attached hydrogens (tertiary/aromatic N) is 2. The van der Waals surface area contributed by atoms with E-state index in [0.29, 0.717) is 17.1 Å². The quantitative estimate of drug-likeness (QED) is 0.841.